The number of unbranched alkanes of at least 4 members (excludes halogenated alkanes) is 1. The molecule has 0 heterocycles. The first-order valence-corrected chi connectivity index (χ1v) is 8.72. The van der Waals surface area contributed by atoms with Crippen molar-refractivity contribution in [3.63, 3.8) is 0 Å². The standard InChI is InChI=1S/C17H32N2O4/c1-2-3-10-18-16(21)12-23-13-17(22)19-15-8-6-14(7-9-15)5-4-11-20/h8,11,14,16-19,21-22H,2-7,9-10,12-13H2,1H3/t14-,16-,17+/m1/s1. The van der Waals surface area contributed by atoms with Crippen LogP contribution >= 0.6 is 0 Å². The Morgan fingerprint density at radius 2 is 2.17 bits per heavy atom. The first kappa shape index (κ1) is 20.1. The quantitative estimate of drug-likeness (QED) is 0.231. The van der Waals surface area contributed by atoms with Crippen LogP contribution in [0.15, 0.2) is 11.8 Å². The molecule has 0 aromatic rings. The van der Waals surface area contributed by atoms with Gasteiger partial charge in [-0.25, -0.2) is 0 Å². The van der Waals surface area contributed by atoms with E-state index in [2.05, 4.69) is 23.6 Å². The molecule has 6 nitrogen and oxygen atoms in total. The maximum absolute atomic E-state index is 10.4. The van der Waals surface area contributed by atoms with Crippen LogP contribution in [0.1, 0.15) is 51.9 Å². The fourth-order valence-electron chi connectivity index (χ4n) is 2.64. The average molecular weight is 328 g/mol. The summed E-state index contributed by atoms with van der Waals surface area (Å²) in [5.41, 5.74) is 1.03. The molecule has 0 fully saturated rings. The first-order chi connectivity index (χ1) is 11.2. The van der Waals surface area contributed by atoms with Crippen LogP contribution in [0, 0.1) is 5.92 Å². The minimum atomic E-state index is -0.768. The minimum Gasteiger partial charge on any atom is -0.376 e. The third kappa shape index (κ3) is 9.71. The number of nitrogens with one attached hydrogen (secondary N) is 2. The second-order valence-corrected chi connectivity index (χ2v) is 6.13. The molecule has 0 unspecified atom stereocenters. The molecule has 23 heavy (non-hydrogen) atoms. The fraction of sp³-hybridized carbons (Fsp3) is 0.824. The van der Waals surface area contributed by atoms with Crippen LogP contribution in [0.4, 0.5) is 0 Å². The van der Waals surface area contributed by atoms with Crippen molar-refractivity contribution >= 4 is 6.29 Å². The highest BCUT2D eigenvalue weighted by Crippen LogP contribution is 2.25. The van der Waals surface area contributed by atoms with E-state index in [0.29, 0.717) is 12.3 Å². The molecule has 0 saturated carbocycles. The summed E-state index contributed by atoms with van der Waals surface area (Å²) in [6.07, 6.45) is 8.17. The van der Waals surface area contributed by atoms with E-state index in [0.717, 1.165) is 57.1 Å². The van der Waals surface area contributed by atoms with Crippen LogP contribution in [0.25, 0.3) is 0 Å². The van der Waals surface area contributed by atoms with Gasteiger partial charge in [0.1, 0.15) is 18.7 Å². The number of hydrogen-bond donors (Lipinski definition) is 4. The van der Waals surface area contributed by atoms with Crippen molar-refractivity contribution in [2.45, 2.75) is 64.3 Å². The largest absolute Gasteiger partial charge is 0.376 e. The Bertz CT molecular complexity index is 349. The Kier molecular flexibility index (Phi) is 10.9. The highest BCUT2D eigenvalue weighted by atomic mass is 16.5. The molecule has 0 saturated heterocycles. The number of hydrogen-bond acceptors (Lipinski definition) is 6. The van der Waals surface area contributed by atoms with Crippen molar-refractivity contribution < 1.29 is 19.7 Å². The van der Waals surface area contributed by atoms with Gasteiger partial charge in [-0.05, 0) is 44.6 Å². The maximum Gasteiger partial charge on any atom is 0.147 e. The Balaban J connectivity index is 2.11. The number of aliphatic hydroxyl groups excluding tert-OH is 2. The molecule has 0 amide bonds. The Hall–Kier alpha value is -0.950. The first-order valence-electron chi connectivity index (χ1n) is 8.72. The zero-order valence-electron chi connectivity index (χ0n) is 14.2. The number of aliphatic hydroxyl groups is 2. The summed E-state index contributed by atoms with van der Waals surface area (Å²) >= 11 is 0. The third-order valence-electron chi connectivity index (χ3n) is 4.03. The van der Waals surface area contributed by atoms with Crippen molar-refractivity contribution in [3.05, 3.63) is 11.8 Å². The Morgan fingerprint density at radius 1 is 1.39 bits per heavy atom. The molecule has 1 aliphatic carbocycles. The van der Waals surface area contributed by atoms with Gasteiger partial charge in [0.15, 0.2) is 0 Å². The zero-order chi connectivity index (χ0) is 16.9. The number of aldehydes is 1. The van der Waals surface area contributed by atoms with Gasteiger partial charge in [-0.15, -0.1) is 0 Å². The molecule has 1 rings (SSSR count). The molecular weight excluding hydrogens is 296 g/mol. The summed E-state index contributed by atoms with van der Waals surface area (Å²) in [4.78, 5) is 10.4. The molecule has 0 aromatic carbocycles. The normalized spacial score (nSPS) is 20.7. The van der Waals surface area contributed by atoms with E-state index in [1.54, 1.807) is 0 Å². The predicted molar refractivity (Wildman–Crippen MR) is 89.6 cm³/mol. The highest BCUT2D eigenvalue weighted by Gasteiger charge is 2.16. The Morgan fingerprint density at radius 3 is 2.83 bits per heavy atom. The van der Waals surface area contributed by atoms with E-state index >= 15 is 0 Å². The van der Waals surface area contributed by atoms with Crippen molar-refractivity contribution in [2.75, 3.05) is 19.8 Å². The molecule has 0 spiro atoms. The summed E-state index contributed by atoms with van der Waals surface area (Å²) in [5.74, 6) is 0.573. The van der Waals surface area contributed by atoms with Crippen molar-refractivity contribution in [3.8, 4) is 0 Å². The second kappa shape index (κ2) is 12.5. The summed E-state index contributed by atoms with van der Waals surface area (Å²) in [6.45, 7) is 3.16. The summed E-state index contributed by atoms with van der Waals surface area (Å²) in [5, 5.41) is 25.5. The van der Waals surface area contributed by atoms with Crippen LogP contribution in [-0.4, -0.2) is 48.7 Å². The van der Waals surface area contributed by atoms with Gasteiger partial charge in [-0.1, -0.05) is 19.4 Å². The van der Waals surface area contributed by atoms with E-state index in [4.69, 9.17) is 4.74 Å². The van der Waals surface area contributed by atoms with E-state index in [1.165, 1.54) is 0 Å². The zero-order valence-corrected chi connectivity index (χ0v) is 14.2. The van der Waals surface area contributed by atoms with Gasteiger partial charge < -0.3 is 25.1 Å². The number of ether oxygens (including phenoxy) is 1. The lowest BCUT2D eigenvalue weighted by molar-refractivity contribution is -0.108. The Labute approximate surface area is 139 Å². The molecule has 3 atom stereocenters. The minimum absolute atomic E-state index is 0.137. The van der Waals surface area contributed by atoms with Crippen LogP contribution in [-0.2, 0) is 9.53 Å². The summed E-state index contributed by atoms with van der Waals surface area (Å²) < 4.78 is 5.31. The van der Waals surface area contributed by atoms with Gasteiger partial charge in [0.05, 0.1) is 13.2 Å². The van der Waals surface area contributed by atoms with Crippen LogP contribution in [0.2, 0.25) is 0 Å². The molecular formula is C17H32N2O4. The highest BCUT2D eigenvalue weighted by molar-refractivity contribution is 5.49. The molecule has 134 valence electrons. The molecule has 0 aromatic heterocycles. The lowest BCUT2D eigenvalue weighted by atomic mass is 9.89. The molecule has 1 aliphatic rings. The maximum atomic E-state index is 10.4. The molecule has 0 aliphatic heterocycles. The van der Waals surface area contributed by atoms with Gasteiger partial charge in [-0.3, -0.25) is 5.32 Å². The molecule has 4 N–H and O–H groups in total. The SMILES string of the molecule is CCCCN[C@H](O)COC[C@H](O)NC1=CC[C@@H](CCC=O)CC1. The second-order valence-electron chi connectivity index (χ2n) is 6.13. The van der Waals surface area contributed by atoms with Gasteiger partial charge >= 0.3 is 0 Å². The molecule has 0 bridgehead atoms. The van der Waals surface area contributed by atoms with Crippen LogP contribution in [0.5, 0.6) is 0 Å². The summed E-state index contributed by atoms with van der Waals surface area (Å²) in [6, 6.07) is 0. The van der Waals surface area contributed by atoms with Gasteiger partial charge in [0.2, 0.25) is 0 Å². The number of carbonyl (C=O) groups excluding carboxylic acids is 1. The van der Waals surface area contributed by atoms with Gasteiger partial charge in [0.25, 0.3) is 0 Å². The van der Waals surface area contributed by atoms with Gasteiger partial charge in [0, 0.05) is 12.1 Å². The number of allylic oxidation sites excluding steroid dienone is 2. The smallest absolute Gasteiger partial charge is 0.147 e. The topological polar surface area (TPSA) is 90.8 Å². The van der Waals surface area contributed by atoms with Crippen LogP contribution in [0.3, 0.4) is 0 Å². The van der Waals surface area contributed by atoms with E-state index in [9.17, 15) is 15.0 Å². The van der Waals surface area contributed by atoms with Crippen molar-refractivity contribution in [2.24, 2.45) is 5.92 Å². The number of carbonyl (C=O) groups is 1. The lowest BCUT2D eigenvalue weighted by Gasteiger charge is -2.24. The average Bonchev–Trinajstić information content (AvgIpc) is 2.54. The summed E-state index contributed by atoms with van der Waals surface area (Å²) in [7, 11) is 0. The third-order valence-corrected chi connectivity index (χ3v) is 4.03. The monoisotopic (exact) mass is 328 g/mol. The molecule has 0 radical (unpaired) electrons. The lowest BCUT2D eigenvalue weighted by Crippen LogP contribution is -2.38. The van der Waals surface area contributed by atoms with Gasteiger partial charge in [-0.2, -0.15) is 0 Å². The van der Waals surface area contributed by atoms with E-state index in [1.807, 2.05) is 0 Å². The molecule has 6 heteroatoms. The number of rotatable bonds is 13. The fourth-order valence-corrected chi connectivity index (χ4v) is 2.64. The van der Waals surface area contributed by atoms with Crippen molar-refractivity contribution in [1.29, 1.82) is 0 Å². The van der Waals surface area contributed by atoms with E-state index in [-0.39, 0.29) is 13.2 Å². The van der Waals surface area contributed by atoms with Crippen LogP contribution < -0.4 is 10.6 Å². The van der Waals surface area contributed by atoms with E-state index < -0.39 is 12.5 Å². The predicted octanol–water partition coefficient (Wildman–Crippen LogP) is 1.28. The van der Waals surface area contributed by atoms with Crippen molar-refractivity contribution in [1.82, 2.24) is 10.6 Å².